The molecule has 2 unspecified atom stereocenters. The highest BCUT2D eigenvalue weighted by Gasteiger charge is 2.17. The average molecular weight is 426 g/mol. The number of rotatable bonds is 11. The highest BCUT2D eigenvalue weighted by atomic mass is 31.2. The number of para-hydroxylation sites is 2. The van der Waals surface area contributed by atoms with E-state index in [1.54, 1.807) is 50.2 Å². The molecule has 2 aromatic rings. The molecular weight excluding hydrogens is 402 g/mol. The van der Waals surface area contributed by atoms with Gasteiger partial charge in [0, 0.05) is 35.1 Å². The molecule has 0 aliphatic rings. The summed E-state index contributed by atoms with van der Waals surface area (Å²) in [5, 5.41) is 6.24. The van der Waals surface area contributed by atoms with Crippen LogP contribution < -0.4 is 31.0 Å². The summed E-state index contributed by atoms with van der Waals surface area (Å²) in [5.74, 6) is 0. The summed E-state index contributed by atoms with van der Waals surface area (Å²) in [7, 11) is -8.31. The van der Waals surface area contributed by atoms with E-state index >= 15 is 0 Å². The molecule has 0 amide bonds. The van der Waals surface area contributed by atoms with Gasteiger partial charge in [-0.2, -0.15) is 0 Å². The van der Waals surface area contributed by atoms with Crippen molar-refractivity contribution in [3.8, 4) is 0 Å². The van der Waals surface area contributed by atoms with E-state index in [0.717, 1.165) is 0 Å². The van der Waals surface area contributed by atoms with E-state index < -0.39 is 15.2 Å². The third-order valence-electron chi connectivity index (χ3n) is 3.75. The van der Waals surface area contributed by atoms with Gasteiger partial charge in [-0.25, -0.2) is 0 Å². The lowest BCUT2D eigenvalue weighted by Gasteiger charge is -2.26. The molecule has 0 saturated heterocycles. The summed E-state index contributed by atoms with van der Waals surface area (Å²) >= 11 is 0. The Morgan fingerprint density at radius 2 is 1.11 bits per heavy atom. The highest BCUT2D eigenvalue weighted by molar-refractivity contribution is 7.60. The maximum Gasteiger partial charge on any atom is 0.167 e. The van der Waals surface area contributed by atoms with Gasteiger partial charge < -0.3 is 38.6 Å². The molecule has 2 rings (SSSR count). The molecule has 2 atom stereocenters. The Kier molecular flexibility index (Phi) is 8.25. The molecule has 8 nitrogen and oxygen atoms in total. The average Bonchev–Trinajstić information content (AvgIpc) is 2.66. The first kappa shape index (κ1) is 22.6. The van der Waals surface area contributed by atoms with Gasteiger partial charge in [-0.15, -0.1) is 0 Å². The van der Waals surface area contributed by atoms with Crippen molar-refractivity contribution in [2.75, 3.05) is 36.9 Å². The van der Waals surface area contributed by atoms with Crippen LogP contribution >= 0.6 is 15.2 Å². The minimum atomic E-state index is -4.15. The molecule has 0 radical (unpaired) electrons. The molecule has 0 heterocycles. The lowest BCUT2D eigenvalue weighted by atomic mass is 10.3. The zero-order valence-corrected chi connectivity index (χ0v) is 17.6. The number of benzene rings is 2. The van der Waals surface area contributed by atoms with Gasteiger partial charge in [0.1, 0.15) is 0 Å². The molecule has 0 aliphatic carbocycles. The fourth-order valence-corrected chi connectivity index (χ4v) is 4.99. The van der Waals surface area contributed by atoms with Crippen LogP contribution in [0, 0.1) is 0 Å². The maximum atomic E-state index is 12.2. The van der Waals surface area contributed by atoms with Gasteiger partial charge in [-0.05, 0) is 38.1 Å². The largest absolute Gasteiger partial charge is 0.775 e. The van der Waals surface area contributed by atoms with Crippen LogP contribution in [0.3, 0.4) is 0 Å². The lowest BCUT2D eigenvalue weighted by molar-refractivity contribution is -0.194. The van der Waals surface area contributed by atoms with Crippen molar-refractivity contribution in [2.45, 2.75) is 13.8 Å². The number of hydrogen-bond donors (Lipinski definition) is 2. The summed E-state index contributed by atoms with van der Waals surface area (Å²) in [5.41, 5.74) is 0.848. The topological polar surface area (TPSA) is 123 Å². The van der Waals surface area contributed by atoms with E-state index in [1.807, 2.05) is 0 Å². The molecule has 2 aromatic carbocycles. The fraction of sp³-hybridized carbons (Fsp3) is 0.333. The van der Waals surface area contributed by atoms with Crippen LogP contribution in [0.1, 0.15) is 13.8 Å². The Balaban J connectivity index is 2.04. The first-order valence-electron chi connectivity index (χ1n) is 8.90. The summed E-state index contributed by atoms with van der Waals surface area (Å²) in [4.78, 5) is 24.4. The molecule has 10 heteroatoms. The molecule has 0 fully saturated rings. The van der Waals surface area contributed by atoms with Gasteiger partial charge in [0.2, 0.25) is 0 Å². The van der Waals surface area contributed by atoms with Crippen LogP contribution in [0.15, 0.2) is 48.5 Å². The molecule has 28 heavy (non-hydrogen) atoms. The SMILES string of the molecule is CCOP(=O)([O-])c1ccccc1NCCNc1ccccc1P(=O)([O-])OCC. The van der Waals surface area contributed by atoms with Crippen LogP contribution in [0.5, 0.6) is 0 Å². The van der Waals surface area contributed by atoms with Crippen molar-refractivity contribution in [1.29, 1.82) is 0 Å². The normalized spacial score (nSPS) is 15.4. The predicted octanol–water partition coefficient (Wildman–Crippen LogP) is 1.64. The number of nitrogens with one attached hydrogen (secondary N) is 2. The standard InChI is InChI=1S/C18H26N2O6P2/c1-3-25-27(21,22)17-11-7-5-9-15(17)19-13-14-20-16-10-6-8-12-18(16)28(23,24)26-4-2/h5-12,19-20H,3-4,13-14H2,1-2H3,(H,21,22)(H,23,24)/p-2. The molecule has 154 valence electrons. The smallest absolute Gasteiger partial charge is 0.167 e. The zero-order valence-electron chi connectivity index (χ0n) is 15.8. The quantitative estimate of drug-likeness (QED) is 0.411. The zero-order chi connectivity index (χ0) is 20.6. The molecular formula is C18H24N2O6P2-2. The molecule has 0 spiro atoms. The Bertz CT molecular complexity index is 805. The maximum absolute atomic E-state index is 12.2. The van der Waals surface area contributed by atoms with E-state index in [-0.39, 0.29) is 23.8 Å². The van der Waals surface area contributed by atoms with E-state index in [0.29, 0.717) is 24.5 Å². The third-order valence-corrected chi connectivity index (χ3v) is 6.91. The van der Waals surface area contributed by atoms with Gasteiger partial charge in [0.25, 0.3) is 0 Å². The molecule has 0 aliphatic heterocycles. The summed E-state index contributed by atoms with van der Waals surface area (Å²) in [6.45, 7) is 4.05. The summed E-state index contributed by atoms with van der Waals surface area (Å²) in [6, 6.07) is 12.9. The minimum Gasteiger partial charge on any atom is -0.775 e. The van der Waals surface area contributed by atoms with Crippen molar-refractivity contribution in [3.63, 3.8) is 0 Å². The fourth-order valence-electron chi connectivity index (χ4n) is 2.60. The van der Waals surface area contributed by atoms with Gasteiger partial charge in [0.15, 0.2) is 15.2 Å². The third kappa shape index (κ3) is 5.92. The van der Waals surface area contributed by atoms with E-state index in [4.69, 9.17) is 9.05 Å². The van der Waals surface area contributed by atoms with Crippen LogP contribution in [0.4, 0.5) is 11.4 Å². The van der Waals surface area contributed by atoms with Crippen molar-refractivity contribution in [3.05, 3.63) is 48.5 Å². The summed E-state index contributed by atoms with van der Waals surface area (Å²) in [6.07, 6.45) is 0. The Hall–Kier alpha value is -1.66. The Morgan fingerprint density at radius 3 is 1.46 bits per heavy atom. The second-order valence-electron chi connectivity index (χ2n) is 5.72. The van der Waals surface area contributed by atoms with E-state index in [9.17, 15) is 18.9 Å². The van der Waals surface area contributed by atoms with Crippen LogP contribution in [0.2, 0.25) is 0 Å². The van der Waals surface area contributed by atoms with Gasteiger partial charge in [-0.1, -0.05) is 24.3 Å². The van der Waals surface area contributed by atoms with Gasteiger partial charge >= 0.3 is 0 Å². The number of hydrogen-bond acceptors (Lipinski definition) is 8. The second kappa shape index (κ2) is 10.2. The molecule has 0 aromatic heterocycles. The van der Waals surface area contributed by atoms with E-state index in [1.165, 1.54) is 12.1 Å². The lowest BCUT2D eigenvalue weighted by Crippen LogP contribution is -2.25. The second-order valence-corrected chi connectivity index (χ2v) is 9.19. The molecule has 0 bridgehead atoms. The van der Waals surface area contributed by atoms with E-state index in [2.05, 4.69) is 10.6 Å². The monoisotopic (exact) mass is 426 g/mol. The minimum absolute atomic E-state index is 0.0581. The van der Waals surface area contributed by atoms with Crippen LogP contribution in [-0.4, -0.2) is 26.3 Å². The Morgan fingerprint density at radius 1 is 0.750 bits per heavy atom. The van der Waals surface area contributed by atoms with Crippen LogP contribution in [0.25, 0.3) is 0 Å². The first-order valence-corrected chi connectivity index (χ1v) is 12.0. The summed E-state index contributed by atoms with van der Waals surface area (Å²) < 4.78 is 34.1. The van der Waals surface area contributed by atoms with Crippen molar-refractivity contribution < 1.29 is 28.0 Å². The van der Waals surface area contributed by atoms with Crippen molar-refractivity contribution in [2.24, 2.45) is 0 Å². The number of anilines is 2. The van der Waals surface area contributed by atoms with Gasteiger partial charge in [-0.3, -0.25) is 0 Å². The Labute approximate surface area is 165 Å². The highest BCUT2D eigenvalue weighted by Crippen LogP contribution is 2.39. The van der Waals surface area contributed by atoms with Crippen molar-refractivity contribution in [1.82, 2.24) is 0 Å². The molecule has 2 N–H and O–H groups in total. The van der Waals surface area contributed by atoms with Crippen molar-refractivity contribution >= 4 is 37.2 Å². The van der Waals surface area contributed by atoms with Gasteiger partial charge in [0.05, 0.1) is 13.2 Å². The first-order chi connectivity index (χ1) is 13.3. The molecule has 0 saturated carbocycles. The predicted molar refractivity (Wildman–Crippen MR) is 108 cm³/mol. The van der Waals surface area contributed by atoms with Crippen LogP contribution in [-0.2, 0) is 18.2 Å².